The lowest BCUT2D eigenvalue weighted by molar-refractivity contribution is 0.626. The molecule has 1 aliphatic rings. The van der Waals surface area contributed by atoms with Crippen LogP contribution in [0, 0.1) is 0 Å². The van der Waals surface area contributed by atoms with Gasteiger partial charge in [-0.2, -0.15) is 0 Å². The zero-order valence-corrected chi connectivity index (χ0v) is 4.46. The highest BCUT2D eigenvalue weighted by molar-refractivity contribution is 6.48. The van der Waals surface area contributed by atoms with Crippen molar-refractivity contribution in [1.29, 1.82) is 0 Å². The SMILES string of the molecule is CN1C=CBC=C1. The molecule has 0 bridgehead atoms. The van der Waals surface area contributed by atoms with Gasteiger partial charge in [-0.1, -0.05) is 12.0 Å². The summed E-state index contributed by atoms with van der Waals surface area (Å²) in [5.74, 6) is 4.25. The van der Waals surface area contributed by atoms with Crippen molar-refractivity contribution in [3.8, 4) is 0 Å². The van der Waals surface area contributed by atoms with Crippen molar-refractivity contribution in [1.82, 2.24) is 4.90 Å². The van der Waals surface area contributed by atoms with Crippen molar-refractivity contribution in [2.75, 3.05) is 7.05 Å². The minimum absolute atomic E-state index is 1.09. The van der Waals surface area contributed by atoms with Gasteiger partial charge in [0, 0.05) is 7.05 Å². The smallest absolute Gasteiger partial charge is 0.177 e. The maximum Gasteiger partial charge on any atom is 0.177 e. The summed E-state index contributed by atoms with van der Waals surface area (Å²) in [6, 6.07) is 0. The molecule has 0 aliphatic carbocycles. The second-order valence-corrected chi connectivity index (χ2v) is 1.67. The van der Waals surface area contributed by atoms with Gasteiger partial charge in [-0.3, -0.25) is 0 Å². The summed E-state index contributed by atoms with van der Waals surface area (Å²) in [7, 11) is 3.11. The van der Waals surface area contributed by atoms with Crippen molar-refractivity contribution in [2.45, 2.75) is 0 Å². The first-order valence-electron chi connectivity index (χ1n) is 2.45. The van der Waals surface area contributed by atoms with Crippen LogP contribution in [-0.2, 0) is 0 Å². The molecule has 0 spiro atoms. The molecular weight excluding hydrogens is 84.9 g/mol. The highest BCUT2D eigenvalue weighted by Crippen LogP contribution is 1.90. The topological polar surface area (TPSA) is 3.24 Å². The van der Waals surface area contributed by atoms with Crippen LogP contribution in [0.1, 0.15) is 0 Å². The lowest BCUT2D eigenvalue weighted by Crippen LogP contribution is -2.04. The molecule has 2 heteroatoms. The second-order valence-electron chi connectivity index (χ2n) is 1.67. The zero-order chi connectivity index (χ0) is 5.11. The average Bonchev–Trinajstić information content (AvgIpc) is 1.69. The first-order chi connectivity index (χ1) is 3.39. The van der Waals surface area contributed by atoms with Crippen LogP contribution >= 0.6 is 0 Å². The quantitative estimate of drug-likeness (QED) is 0.389. The highest BCUT2D eigenvalue weighted by Gasteiger charge is 1.86. The molecule has 0 unspecified atom stereocenters. The lowest BCUT2D eigenvalue weighted by atomic mass is 9.78. The van der Waals surface area contributed by atoms with Crippen LogP contribution < -0.4 is 0 Å². The molecule has 0 fully saturated rings. The van der Waals surface area contributed by atoms with Gasteiger partial charge in [0.2, 0.25) is 0 Å². The van der Waals surface area contributed by atoms with Gasteiger partial charge in [-0.15, -0.1) is 0 Å². The van der Waals surface area contributed by atoms with Crippen molar-refractivity contribution in [3.05, 3.63) is 24.4 Å². The van der Waals surface area contributed by atoms with Crippen molar-refractivity contribution < 1.29 is 0 Å². The molecule has 36 valence electrons. The summed E-state index contributed by atoms with van der Waals surface area (Å²) in [6.07, 6.45) is 4.11. The van der Waals surface area contributed by atoms with Crippen LogP contribution in [0.5, 0.6) is 0 Å². The Labute approximate surface area is 44.6 Å². The molecule has 0 N–H and O–H groups in total. The number of hydrogen-bond acceptors (Lipinski definition) is 1. The minimum atomic E-state index is 1.09. The fraction of sp³-hybridized carbons (Fsp3) is 0.200. The number of rotatable bonds is 0. The van der Waals surface area contributed by atoms with Crippen molar-refractivity contribution in [2.24, 2.45) is 0 Å². The van der Waals surface area contributed by atoms with Crippen LogP contribution in [0.2, 0.25) is 0 Å². The molecule has 1 nitrogen and oxygen atoms in total. The summed E-state index contributed by atoms with van der Waals surface area (Å²) in [5.41, 5.74) is 0. The summed E-state index contributed by atoms with van der Waals surface area (Å²) in [6.45, 7) is 0. The third-order valence-electron chi connectivity index (χ3n) is 0.953. The van der Waals surface area contributed by atoms with Gasteiger partial charge in [0.05, 0.1) is 0 Å². The van der Waals surface area contributed by atoms with E-state index < -0.39 is 0 Å². The Morgan fingerprint density at radius 2 is 1.86 bits per heavy atom. The first-order valence-corrected chi connectivity index (χ1v) is 2.45. The Balaban J connectivity index is 2.49. The predicted molar refractivity (Wildman–Crippen MR) is 33.2 cm³/mol. The van der Waals surface area contributed by atoms with E-state index in [1.807, 2.05) is 11.9 Å². The standard InChI is InChI=1S/C5H8BN/c1-7-4-2-6-3-5-7/h2-6H,1H3. The molecule has 0 saturated carbocycles. The fourth-order valence-corrected chi connectivity index (χ4v) is 0.583. The van der Waals surface area contributed by atoms with E-state index in [4.69, 9.17) is 0 Å². The second kappa shape index (κ2) is 1.87. The van der Waals surface area contributed by atoms with Crippen LogP contribution in [0.25, 0.3) is 0 Å². The summed E-state index contributed by atoms with van der Waals surface area (Å²) >= 11 is 0. The molecule has 0 radical (unpaired) electrons. The molecule has 0 aromatic heterocycles. The van der Waals surface area contributed by atoms with Gasteiger partial charge in [-0.25, -0.2) is 0 Å². The fourth-order valence-electron chi connectivity index (χ4n) is 0.583. The van der Waals surface area contributed by atoms with Crippen molar-refractivity contribution in [3.63, 3.8) is 0 Å². The molecule has 0 atom stereocenters. The molecule has 0 saturated heterocycles. The Morgan fingerprint density at radius 3 is 2.14 bits per heavy atom. The van der Waals surface area contributed by atoms with Gasteiger partial charge < -0.3 is 4.90 Å². The largest absolute Gasteiger partial charge is 0.359 e. The molecule has 0 aromatic carbocycles. The number of hydrogen-bond donors (Lipinski definition) is 0. The monoisotopic (exact) mass is 93.1 g/mol. The maximum absolute atomic E-state index is 2.12. The maximum atomic E-state index is 2.12. The van der Waals surface area contributed by atoms with Gasteiger partial charge in [0.15, 0.2) is 7.28 Å². The van der Waals surface area contributed by atoms with E-state index >= 15 is 0 Å². The molecular formula is C5H8BN. The minimum Gasteiger partial charge on any atom is -0.359 e. The predicted octanol–water partition coefficient (Wildman–Crippen LogP) is 0.311. The van der Waals surface area contributed by atoms with E-state index in [-0.39, 0.29) is 0 Å². The van der Waals surface area contributed by atoms with E-state index in [0.717, 1.165) is 7.28 Å². The Morgan fingerprint density at radius 1 is 1.29 bits per heavy atom. The van der Waals surface area contributed by atoms with Crippen LogP contribution in [0.4, 0.5) is 0 Å². The third-order valence-corrected chi connectivity index (χ3v) is 0.953. The van der Waals surface area contributed by atoms with Crippen LogP contribution in [0.3, 0.4) is 0 Å². The summed E-state index contributed by atoms with van der Waals surface area (Å²) < 4.78 is 0. The third kappa shape index (κ3) is 1.11. The molecule has 1 heterocycles. The molecule has 0 aromatic rings. The average molecular weight is 92.9 g/mol. The molecule has 1 rings (SSSR count). The summed E-state index contributed by atoms with van der Waals surface area (Å²) in [4.78, 5) is 2.03. The summed E-state index contributed by atoms with van der Waals surface area (Å²) in [5, 5.41) is 0. The van der Waals surface area contributed by atoms with Gasteiger partial charge in [0.1, 0.15) is 0 Å². The van der Waals surface area contributed by atoms with E-state index in [1.165, 1.54) is 0 Å². The van der Waals surface area contributed by atoms with E-state index in [0.29, 0.717) is 0 Å². The Hall–Kier alpha value is -0.655. The van der Waals surface area contributed by atoms with E-state index in [2.05, 4.69) is 24.4 Å². The van der Waals surface area contributed by atoms with Gasteiger partial charge >= 0.3 is 0 Å². The van der Waals surface area contributed by atoms with Crippen LogP contribution in [-0.4, -0.2) is 19.2 Å². The van der Waals surface area contributed by atoms with Gasteiger partial charge in [0.25, 0.3) is 0 Å². The normalized spacial score (nSPS) is 17.0. The Bertz CT molecular complexity index is 94.6. The Kier molecular flexibility index (Phi) is 1.20. The first kappa shape index (κ1) is 4.50. The lowest BCUT2D eigenvalue weighted by Gasteiger charge is -2.08. The van der Waals surface area contributed by atoms with Gasteiger partial charge in [-0.05, 0) is 12.4 Å². The highest BCUT2D eigenvalue weighted by atomic mass is 15.0. The number of nitrogens with zero attached hydrogens (tertiary/aromatic N) is 1. The molecule has 7 heavy (non-hydrogen) atoms. The molecule has 0 amide bonds. The zero-order valence-electron chi connectivity index (χ0n) is 4.46. The van der Waals surface area contributed by atoms with Crippen molar-refractivity contribution >= 4 is 7.28 Å². The van der Waals surface area contributed by atoms with Crippen LogP contribution in [0.15, 0.2) is 24.4 Å². The van der Waals surface area contributed by atoms with E-state index in [9.17, 15) is 0 Å². The van der Waals surface area contributed by atoms with E-state index in [1.54, 1.807) is 0 Å². The molecule has 1 aliphatic heterocycles.